The number of carbonyl (C=O) groups is 2. The monoisotopic (exact) mass is 273 g/mol. The summed E-state index contributed by atoms with van der Waals surface area (Å²) in [6.45, 7) is 6.28. The number of nitrogens with one attached hydrogen (secondary N) is 1. The Hall–Kier alpha value is -1.10. The number of amides is 1. The van der Waals surface area contributed by atoms with Crippen molar-refractivity contribution in [2.24, 2.45) is 5.92 Å². The molecule has 2 N–H and O–H groups in total. The molecule has 2 unspecified atom stereocenters. The fourth-order valence-electron chi connectivity index (χ4n) is 1.85. The Morgan fingerprint density at radius 1 is 1.32 bits per heavy atom. The van der Waals surface area contributed by atoms with Gasteiger partial charge in [0.1, 0.15) is 5.60 Å². The number of rotatable bonds is 10. The second-order valence-corrected chi connectivity index (χ2v) is 5.04. The normalized spacial score (nSPS) is 15.6. The lowest BCUT2D eigenvalue weighted by Crippen LogP contribution is -2.46. The van der Waals surface area contributed by atoms with E-state index in [1.54, 1.807) is 6.92 Å². The van der Waals surface area contributed by atoms with Gasteiger partial charge in [-0.2, -0.15) is 0 Å². The topological polar surface area (TPSA) is 75.6 Å². The van der Waals surface area contributed by atoms with Crippen molar-refractivity contribution in [3.8, 4) is 0 Å². The van der Waals surface area contributed by atoms with Crippen molar-refractivity contribution in [3.05, 3.63) is 0 Å². The Morgan fingerprint density at radius 2 is 1.95 bits per heavy atom. The molecule has 0 heterocycles. The lowest BCUT2D eigenvalue weighted by Gasteiger charge is -2.25. The average molecular weight is 273 g/mol. The predicted octanol–water partition coefficient (Wildman–Crippen LogP) is 2.20. The van der Waals surface area contributed by atoms with Crippen LogP contribution >= 0.6 is 0 Å². The molecule has 0 radical (unpaired) electrons. The minimum atomic E-state index is -0.775. The maximum atomic E-state index is 11.9. The zero-order valence-corrected chi connectivity index (χ0v) is 12.5. The first kappa shape index (κ1) is 17.9. The zero-order chi connectivity index (χ0) is 14.9. The second kappa shape index (κ2) is 8.91. The summed E-state index contributed by atoms with van der Waals surface area (Å²) in [6, 6.07) is 0. The number of methoxy groups -OCH3 is 1. The van der Waals surface area contributed by atoms with Gasteiger partial charge in [0.05, 0.1) is 0 Å². The first-order chi connectivity index (χ1) is 8.89. The van der Waals surface area contributed by atoms with Crippen molar-refractivity contribution in [1.82, 2.24) is 5.32 Å². The van der Waals surface area contributed by atoms with E-state index in [-0.39, 0.29) is 12.3 Å². The highest BCUT2D eigenvalue weighted by Gasteiger charge is 2.30. The minimum absolute atomic E-state index is 0.106. The van der Waals surface area contributed by atoms with E-state index in [4.69, 9.17) is 9.84 Å². The smallest absolute Gasteiger partial charge is 0.303 e. The van der Waals surface area contributed by atoms with E-state index in [0.29, 0.717) is 25.3 Å². The average Bonchev–Trinajstić information content (AvgIpc) is 2.41. The molecule has 5 nitrogen and oxygen atoms in total. The van der Waals surface area contributed by atoms with Crippen molar-refractivity contribution in [2.75, 3.05) is 13.7 Å². The Bertz CT molecular complexity index is 287. The molecule has 0 aliphatic carbocycles. The molecule has 19 heavy (non-hydrogen) atoms. The number of carboxylic acid groups (broad SMARTS) is 1. The summed E-state index contributed by atoms with van der Waals surface area (Å²) in [7, 11) is 1.53. The van der Waals surface area contributed by atoms with Gasteiger partial charge in [-0.3, -0.25) is 9.59 Å². The Morgan fingerprint density at radius 3 is 2.37 bits per heavy atom. The summed E-state index contributed by atoms with van der Waals surface area (Å²) in [5.41, 5.74) is -0.775. The van der Waals surface area contributed by atoms with Crippen LogP contribution in [-0.2, 0) is 14.3 Å². The fourth-order valence-corrected chi connectivity index (χ4v) is 1.85. The van der Waals surface area contributed by atoms with Crippen molar-refractivity contribution < 1.29 is 19.4 Å². The Balaban J connectivity index is 4.05. The van der Waals surface area contributed by atoms with Gasteiger partial charge in [-0.05, 0) is 32.1 Å². The van der Waals surface area contributed by atoms with Crippen LogP contribution in [0.3, 0.4) is 0 Å². The van der Waals surface area contributed by atoms with E-state index >= 15 is 0 Å². The molecule has 0 saturated carbocycles. The molecule has 0 aliphatic heterocycles. The molecule has 0 spiro atoms. The molecular formula is C14H27NO4. The van der Waals surface area contributed by atoms with Crippen LogP contribution in [0, 0.1) is 5.92 Å². The van der Waals surface area contributed by atoms with E-state index < -0.39 is 11.6 Å². The van der Waals surface area contributed by atoms with Gasteiger partial charge >= 0.3 is 5.97 Å². The lowest BCUT2D eigenvalue weighted by atomic mass is 9.96. The van der Waals surface area contributed by atoms with Crippen molar-refractivity contribution in [2.45, 2.75) is 58.5 Å². The highest BCUT2D eigenvalue weighted by Crippen LogP contribution is 2.16. The van der Waals surface area contributed by atoms with Gasteiger partial charge in [0, 0.05) is 20.1 Å². The largest absolute Gasteiger partial charge is 0.481 e. The molecule has 0 rings (SSSR count). The number of hydrogen-bond acceptors (Lipinski definition) is 3. The van der Waals surface area contributed by atoms with Gasteiger partial charge in [-0.1, -0.05) is 20.3 Å². The fraction of sp³-hybridized carbons (Fsp3) is 0.857. The molecule has 0 bridgehead atoms. The van der Waals surface area contributed by atoms with Crippen LogP contribution in [-0.4, -0.2) is 36.2 Å². The van der Waals surface area contributed by atoms with Gasteiger partial charge < -0.3 is 15.2 Å². The van der Waals surface area contributed by atoms with Gasteiger partial charge in [-0.15, -0.1) is 0 Å². The van der Waals surface area contributed by atoms with Gasteiger partial charge in [0.25, 0.3) is 5.91 Å². The lowest BCUT2D eigenvalue weighted by molar-refractivity contribution is -0.142. The second-order valence-electron chi connectivity index (χ2n) is 5.04. The molecule has 0 aliphatic rings. The van der Waals surface area contributed by atoms with Crippen molar-refractivity contribution >= 4 is 11.9 Å². The van der Waals surface area contributed by atoms with Crippen LogP contribution in [0.1, 0.15) is 52.9 Å². The SMILES string of the molecule is CCC(CCNC(=O)C(C)(CC)OC)CCC(=O)O. The highest BCUT2D eigenvalue weighted by atomic mass is 16.5. The number of carbonyl (C=O) groups excluding carboxylic acids is 1. The van der Waals surface area contributed by atoms with E-state index in [9.17, 15) is 9.59 Å². The number of carboxylic acids is 1. The molecular weight excluding hydrogens is 246 g/mol. The van der Waals surface area contributed by atoms with Gasteiger partial charge in [0.15, 0.2) is 0 Å². The van der Waals surface area contributed by atoms with E-state index in [2.05, 4.69) is 5.32 Å². The van der Waals surface area contributed by atoms with Gasteiger partial charge in [-0.25, -0.2) is 0 Å². The molecule has 0 aromatic rings. The third-order valence-electron chi connectivity index (χ3n) is 3.79. The number of hydrogen-bond donors (Lipinski definition) is 2. The number of aliphatic carboxylic acids is 1. The Kier molecular flexibility index (Phi) is 8.39. The van der Waals surface area contributed by atoms with Crippen molar-refractivity contribution in [1.29, 1.82) is 0 Å². The van der Waals surface area contributed by atoms with Crippen LogP contribution in [0.25, 0.3) is 0 Å². The predicted molar refractivity (Wildman–Crippen MR) is 74.0 cm³/mol. The van der Waals surface area contributed by atoms with Crippen LogP contribution in [0.2, 0.25) is 0 Å². The third-order valence-corrected chi connectivity index (χ3v) is 3.79. The Labute approximate surface area is 115 Å². The quantitative estimate of drug-likeness (QED) is 0.640. The van der Waals surface area contributed by atoms with Crippen LogP contribution in [0.5, 0.6) is 0 Å². The summed E-state index contributed by atoms with van der Waals surface area (Å²) in [5, 5.41) is 11.5. The van der Waals surface area contributed by atoms with Gasteiger partial charge in [0.2, 0.25) is 0 Å². The molecule has 2 atom stereocenters. The summed E-state index contributed by atoms with van der Waals surface area (Å²) >= 11 is 0. The number of ether oxygens (including phenoxy) is 1. The first-order valence-electron chi connectivity index (χ1n) is 6.94. The zero-order valence-electron chi connectivity index (χ0n) is 12.5. The molecule has 0 fully saturated rings. The first-order valence-corrected chi connectivity index (χ1v) is 6.94. The molecule has 0 aromatic heterocycles. The van der Waals surface area contributed by atoms with E-state index in [1.807, 2.05) is 13.8 Å². The van der Waals surface area contributed by atoms with Crippen LogP contribution in [0.4, 0.5) is 0 Å². The van der Waals surface area contributed by atoms with Crippen LogP contribution < -0.4 is 5.32 Å². The molecule has 5 heteroatoms. The third kappa shape index (κ3) is 6.57. The minimum Gasteiger partial charge on any atom is -0.481 e. The standard InChI is InChI=1S/C14H27NO4/c1-5-11(7-8-12(16)17)9-10-15-13(18)14(3,6-2)19-4/h11H,5-10H2,1-4H3,(H,15,18)(H,16,17). The summed E-state index contributed by atoms with van der Waals surface area (Å²) in [5.74, 6) is -0.530. The summed E-state index contributed by atoms with van der Waals surface area (Å²) < 4.78 is 5.22. The molecule has 0 aromatic carbocycles. The maximum Gasteiger partial charge on any atom is 0.303 e. The van der Waals surface area contributed by atoms with Crippen LogP contribution in [0.15, 0.2) is 0 Å². The van der Waals surface area contributed by atoms with E-state index in [0.717, 1.165) is 12.8 Å². The van der Waals surface area contributed by atoms with Crippen molar-refractivity contribution in [3.63, 3.8) is 0 Å². The summed E-state index contributed by atoms with van der Waals surface area (Å²) in [6.07, 6.45) is 3.21. The van der Waals surface area contributed by atoms with E-state index in [1.165, 1.54) is 7.11 Å². The molecule has 1 amide bonds. The highest BCUT2D eigenvalue weighted by molar-refractivity contribution is 5.84. The molecule has 112 valence electrons. The maximum absolute atomic E-state index is 11.9. The summed E-state index contributed by atoms with van der Waals surface area (Å²) in [4.78, 5) is 22.5. The molecule has 0 saturated heterocycles.